The number of benzene rings is 2. The van der Waals surface area contributed by atoms with E-state index in [1.54, 1.807) is 42.3 Å². The van der Waals surface area contributed by atoms with Gasteiger partial charge in [0.25, 0.3) is 11.5 Å². The number of aromatic amines is 1. The second-order valence-corrected chi connectivity index (χ2v) is 7.52. The number of carbonyl (C=O) groups excluding carboxylic acids is 1. The van der Waals surface area contributed by atoms with Gasteiger partial charge in [-0.1, -0.05) is 18.2 Å². The van der Waals surface area contributed by atoms with Crippen molar-refractivity contribution in [2.75, 3.05) is 13.7 Å². The minimum absolute atomic E-state index is 0.0704. The smallest absolute Gasteiger partial charge is 0.416 e. The maximum absolute atomic E-state index is 12.9. The highest BCUT2D eigenvalue weighted by molar-refractivity contribution is 5.94. The van der Waals surface area contributed by atoms with Crippen molar-refractivity contribution < 1.29 is 22.7 Å². The normalized spacial score (nSPS) is 13.6. The van der Waals surface area contributed by atoms with Gasteiger partial charge in [0.15, 0.2) is 0 Å². The van der Waals surface area contributed by atoms with Gasteiger partial charge in [0, 0.05) is 24.9 Å². The summed E-state index contributed by atoms with van der Waals surface area (Å²) in [6.07, 6.45) is -3.98. The van der Waals surface area contributed by atoms with Crippen molar-refractivity contribution in [3.8, 4) is 5.75 Å². The van der Waals surface area contributed by atoms with Gasteiger partial charge in [0.2, 0.25) is 0 Å². The lowest BCUT2D eigenvalue weighted by molar-refractivity contribution is -0.137. The minimum atomic E-state index is -4.44. The quantitative estimate of drug-likeness (QED) is 0.669. The molecular formula is C23H20F3N3O3. The summed E-state index contributed by atoms with van der Waals surface area (Å²) in [4.78, 5) is 34.2. The van der Waals surface area contributed by atoms with Crippen LogP contribution in [0.3, 0.4) is 0 Å². The number of fused-ring (bicyclic) bond motifs is 1. The van der Waals surface area contributed by atoms with Crippen LogP contribution in [-0.4, -0.2) is 34.4 Å². The molecular weight excluding hydrogens is 423 g/mol. The third-order valence-corrected chi connectivity index (χ3v) is 5.37. The van der Waals surface area contributed by atoms with Crippen LogP contribution in [0.15, 0.2) is 53.3 Å². The van der Waals surface area contributed by atoms with Gasteiger partial charge >= 0.3 is 6.18 Å². The molecule has 1 amide bonds. The summed E-state index contributed by atoms with van der Waals surface area (Å²) < 4.78 is 43.9. The second-order valence-electron chi connectivity index (χ2n) is 7.52. The fraction of sp³-hybridized carbons (Fsp3) is 0.261. The van der Waals surface area contributed by atoms with Crippen molar-refractivity contribution in [2.24, 2.45) is 0 Å². The molecule has 1 aliphatic rings. The first kappa shape index (κ1) is 21.6. The zero-order chi connectivity index (χ0) is 22.9. The topological polar surface area (TPSA) is 75.3 Å². The summed E-state index contributed by atoms with van der Waals surface area (Å²) in [6, 6.07) is 11.7. The molecule has 0 unspecified atom stereocenters. The van der Waals surface area contributed by atoms with Crippen molar-refractivity contribution in [1.29, 1.82) is 0 Å². The molecule has 3 aromatic rings. The van der Waals surface area contributed by atoms with Crippen molar-refractivity contribution >= 4 is 5.91 Å². The zero-order valence-electron chi connectivity index (χ0n) is 17.2. The van der Waals surface area contributed by atoms with Crippen LogP contribution in [0.2, 0.25) is 0 Å². The molecule has 166 valence electrons. The molecule has 4 rings (SSSR count). The number of carbonyl (C=O) groups is 1. The standard InChI is InChI=1S/C23H20F3N3O3/c1-32-17-7-5-15(6-8-17)22(31)29-10-9-19-18(13-29)21(30)28-20(27-19)12-14-3-2-4-16(11-14)23(24,25)26/h2-8,11H,9-10,12-13H2,1H3,(H,27,28,30). The lowest BCUT2D eigenvalue weighted by atomic mass is 10.0. The van der Waals surface area contributed by atoms with Gasteiger partial charge in [-0.15, -0.1) is 0 Å². The van der Waals surface area contributed by atoms with Crippen LogP contribution >= 0.6 is 0 Å². The van der Waals surface area contributed by atoms with E-state index in [9.17, 15) is 22.8 Å². The van der Waals surface area contributed by atoms with Crippen LogP contribution < -0.4 is 10.3 Å². The molecule has 0 saturated carbocycles. The summed E-state index contributed by atoms with van der Waals surface area (Å²) in [5, 5.41) is 0. The number of amides is 1. The Morgan fingerprint density at radius 1 is 1.19 bits per heavy atom. The highest BCUT2D eigenvalue weighted by atomic mass is 19.4. The van der Waals surface area contributed by atoms with Gasteiger partial charge in [-0.3, -0.25) is 9.59 Å². The molecule has 9 heteroatoms. The van der Waals surface area contributed by atoms with Crippen LogP contribution in [0.1, 0.15) is 38.6 Å². The van der Waals surface area contributed by atoms with Crippen molar-refractivity contribution in [3.05, 3.63) is 92.7 Å². The van der Waals surface area contributed by atoms with E-state index in [0.29, 0.717) is 46.9 Å². The maximum Gasteiger partial charge on any atom is 0.416 e. The molecule has 2 aromatic carbocycles. The predicted octanol–water partition coefficient (Wildman–Crippen LogP) is 3.59. The molecule has 0 fully saturated rings. The average molecular weight is 443 g/mol. The summed E-state index contributed by atoms with van der Waals surface area (Å²) in [5.41, 5.74) is 0.711. The molecule has 0 spiro atoms. The predicted molar refractivity (Wildman–Crippen MR) is 111 cm³/mol. The van der Waals surface area contributed by atoms with Crippen LogP contribution in [0.4, 0.5) is 13.2 Å². The molecule has 0 radical (unpaired) electrons. The number of aromatic nitrogens is 2. The Morgan fingerprint density at radius 3 is 2.62 bits per heavy atom. The Kier molecular flexibility index (Phi) is 5.73. The van der Waals surface area contributed by atoms with E-state index in [0.717, 1.165) is 12.1 Å². The highest BCUT2D eigenvalue weighted by Crippen LogP contribution is 2.30. The van der Waals surface area contributed by atoms with Gasteiger partial charge in [-0.25, -0.2) is 4.98 Å². The monoisotopic (exact) mass is 443 g/mol. The van der Waals surface area contributed by atoms with Gasteiger partial charge in [-0.2, -0.15) is 13.2 Å². The van der Waals surface area contributed by atoms with Crippen molar-refractivity contribution in [3.63, 3.8) is 0 Å². The summed E-state index contributed by atoms with van der Waals surface area (Å²) in [7, 11) is 1.54. The van der Waals surface area contributed by atoms with Crippen molar-refractivity contribution in [1.82, 2.24) is 14.9 Å². The van der Waals surface area contributed by atoms with Gasteiger partial charge in [0.1, 0.15) is 11.6 Å². The number of rotatable bonds is 4. The molecule has 6 nitrogen and oxygen atoms in total. The first-order chi connectivity index (χ1) is 15.2. The highest BCUT2D eigenvalue weighted by Gasteiger charge is 2.30. The van der Waals surface area contributed by atoms with Crippen LogP contribution in [-0.2, 0) is 25.6 Å². The first-order valence-electron chi connectivity index (χ1n) is 9.95. The van der Waals surface area contributed by atoms with Gasteiger partial charge in [0.05, 0.1) is 30.5 Å². The van der Waals surface area contributed by atoms with E-state index in [4.69, 9.17) is 4.74 Å². The molecule has 1 aromatic heterocycles. The fourth-order valence-corrected chi connectivity index (χ4v) is 3.70. The molecule has 0 saturated heterocycles. The van der Waals surface area contributed by atoms with E-state index >= 15 is 0 Å². The Bertz CT molecular complexity index is 1200. The van der Waals surface area contributed by atoms with E-state index in [-0.39, 0.29) is 24.4 Å². The number of hydrogen-bond acceptors (Lipinski definition) is 4. The Hall–Kier alpha value is -3.62. The lowest BCUT2D eigenvalue weighted by Crippen LogP contribution is -2.39. The third-order valence-electron chi connectivity index (χ3n) is 5.37. The number of nitrogens with one attached hydrogen (secondary N) is 1. The number of nitrogens with zero attached hydrogens (tertiary/aromatic N) is 2. The molecule has 2 heterocycles. The summed E-state index contributed by atoms with van der Waals surface area (Å²) >= 11 is 0. The minimum Gasteiger partial charge on any atom is -0.497 e. The van der Waals surface area contributed by atoms with Crippen molar-refractivity contribution in [2.45, 2.75) is 25.6 Å². The van der Waals surface area contributed by atoms with E-state index < -0.39 is 11.7 Å². The Balaban J connectivity index is 1.53. The third kappa shape index (κ3) is 4.51. The second kappa shape index (κ2) is 8.49. The molecule has 32 heavy (non-hydrogen) atoms. The largest absolute Gasteiger partial charge is 0.497 e. The number of H-pyrrole nitrogens is 1. The van der Waals surface area contributed by atoms with E-state index in [1.807, 2.05) is 0 Å². The summed E-state index contributed by atoms with van der Waals surface area (Å²) in [5.74, 6) is 0.730. The zero-order valence-corrected chi connectivity index (χ0v) is 17.2. The van der Waals surface area contributed by atoms with E-state index in [1.165, 1.54) is 6.07 Å². The number of halogens is 3. The summed E-state index contributed by atoms with van der Waals surface area (Å²) in [6.45, 7) is 0.504. The molecule has 1 aliphatic heterocycles. The number of alkyl halides is 3. The number of hydrogen-bond donors (Lipinski definition) is 1. The molecule has 1 N–H and O–H groups in total. The Labute approximate surface area is 181 Å². The average Bonchev–Trinajstić information content (AvgIpc) is 2.78. The fourth-order valence-electron chi connectivity index (χ4n) is 3.70. The Morgan fingerprint density at radius 2 is 1.94 bits per heavy atom. The molecule has 0 aliphatic carbocycles. The SMILES string of the molecule is COc1ccc(C(=O)N2CCc3nc(Cc4cccc(C(F)(F)F)c4)[nH]c(=O)c3C2)cc1. The van der Waals surface area contributed by atoms with Gasteiger partial charge in [-0.05, 0) is 35.9 Å². The van der Waals surface area contributed by atoms with Gasteiger partial charge < -0.3 is 14.6 Å². The first-order valence-corrected chi connectivity index (χ1v) is 9.95. The van der Waals surface area contributed by atoms with E-state index in [2.05, 4.69) is 9.97 Å². The van der Waals surface area contributed by atoms with Crippen LogP contribution in [0.5, 0.6) is 5.75 Å². The number of methoxy groups -OCH3 is 1. The molecule has 0 atom stereocenters. The lowest BCUT2D eigenvalue weighted by Gasteiger charge is -2.28. The number of ether oxygens (including phenoxy) is 1. The molecule has 0 bridgehead atoms. The van der Waals surface area contributed by atoms with Crippen LogP contribution in [0, 0.1) is 0 Å². The maximum atomic E-state index is 12.9. The van der Waals surface area contributed by atoms with Crippen LogP contribution in [0.25, 0.3) is 0 Å².